The van der Waals surface area contributed by atoms with Crippen molar-refractivity contribution in [3.63, 3.8) is 0 Å². The summed E-state index contributed by atoms with van der Waals surface area (Å²) in [6, 6.07) is 3.74. The van der Waals surface area contributed by atoms with Crippen molar-refractivity contribution in [2.75, 3.05) is 5.75 Å². The molecule has 2 N–H and O–H groups in total. The number of amides is 1. The molecule has 0 saturated heterocycles. The zero-order valence-electron chi connectivity index (χ0n) is 10.7. The fraction of sp³-hybridized carbons (Fsp3) is 0.500. The molecule has 1 aromatic rings. The monoisotopic (exact) mass is 321 g/mol. The lowest BCUT2D eigenvalue weighted by Crippen LogP contribution is -2.52. The normalized spacial score (nSPS) is 13.8. The first kappa shape index (κ1) is 16.3. The Balaban J connectivity index is 2.37. The Morgan fingerprint density at radius 1 is 1.53 bits per heavy atom. The van der Waals surface area contributed by atoms with Gasteiger partial charge in [-0.25, -0.2) is 4.79 Å². The molecule has 0 aliphatic rings. The summed E-state index contributed by atoms with van der Waals surface area (Å²) in [5.41, 5.74) is -1.19. The lowest BCUT2D eigenvalue weighted by Gasteiger charge is -2.24. The molecule has 0 aliphatic heterocycles. The molecule has 0 bridgehead atoms. The van der Waals surface area contributed by atoms with Crippen LogP contribution in [0.25, 0.3) is 0 Å². The molecule has 7 heteroatoms. The van der Waals surface area contributed by atoms with Crippen molar-refractivity contribution < 1.29 is 14.7 Å². The number of thiophene rings is 1. The molecule has 1 amide bonds. The van der Waals surface area contributed by atoms with Crippen LogP contribution in [0, 0.1) is 0 Å². The number of carboxylic acid groups (broad SMARTS) is 1. The SMILES string of the molecule is CCC(C)(NC(=O)CSCc1ccc(Cl)s1)C(=O)O. The van der Waals surface area contributed by atoms with Crippen molar-refractivity contribution in [2.24, 2.45) is 0 Å². The van der Waals surface area contributed by atoms with Crippen LogP contribution < -0.4 is 5.32 Å². The van der Waals surface area contributed by atoms with Crippen LogP contribution >= 0.6 is 34.7 Å². The van der Waals surface area contributed by atoms with Gasteiger partial charge in [0.05, 0.1) is 10.1 Å². The largest absolute Gasteiger partial charge is 0.480 e. The third-order valence-corrected chi connectivity index (χ3v) is 5.10. The van der Waals surface area contributed by atoms with E-state index in [1.54, 1.807) is 6.92 Å². The van der Waals surface area contributed by atoms with Gasteiger partial charge in [-0.05, 0) is 25.5 Å². The van der Waals surface area contributed by atoms with E-state index < -0.39 is 11.5 Å². The van der Waals surface area contributed by atoms with Crippen LogP contribution in [-0.2, 0) is 15.3 Å². The highest BCUT2D eigenvalue weighted by atomic mass is 35.5. The number of hydrogen-bond acceptors (Lipinski definition) is 4. The minimum atomic E-state index is -1.19. The smallest absolute Gasteiger partial charge is 0.329 e. The Morgan fingerprint density at radius 2 is 2.21 bits per heavy atom. The first-order chi connectivity index (χ1) is 8.87. The predicted molar refractivity (Wildman–Crippen MR) is 80.0 cm³/mol. The van der Waals surface area contributed by atoms with Gasteiger partial charge in [0.15, 0.2) is 0 Å². The van der Waals surface area contributed by atoms with Crippen LogP contribution in [0.2, 0.25) is 4.34 Å². The Bertz CT molecular complexity index is 464. The number of hydrogen-bond donors (Lipinski definition) is 2. The second kappa shape index (κ2) is 7.17. The molecule has 19 heavy (non-hydrogen) atoms. The summed E-state index contributed by atoms with van der Waals surface area (Å²) in [5, 5.41) is 11.6. The van der Waals surface area contributed by atoms with Crippen molar-refractivity contribution in [1.82, 2.24) is 5.32 Å². The summed E-state index contributed by atoms with van der Waals surface area (Å²) >= 11 is 8.73. The summed E-state index contributed by atoms with van der Waals surface area (Å²) in [4.78, 5) is 23.8. The van der Waals surface area contributed by atoms with Crippen LogP contribution in [0.3, 0.4) is 0 Å². The van der Waals surface area contributed by atoms with E-state index in [2.05, 4.69) is 5.32 Å². The van der Waals surface area contributed by atoms with Crippen molar-refractivity contribution in [2.45, 2.75) is 31.6 Å². The maximum absolute atomic E-state index is 11.7. The molecule has 0 aliphatic carbocycles. The molecule has 106 valence electrons. The highest BCUT2D eigenvalue weighted by molar-refractivity contribution is 7.99. The number of thioether (sulfide) groups is 1. The van der Waals surface area contributed by atoms with Gasteiger partial charge in [0.2, 0.25) is 5.91 Å². The van der Waals surface area contributed by atoms with Crippen molar-refractivity contribution in [3.8, 4) is 0 Å². The van der Waals surface area contributed by atoms with Gasteiger partial charge in [0.1, 0.15) is 5.54 Å². The quantitative estimate of drug-likeness (QED) is 0.810. The van der Waals surface area contributed by atoms with Gasteiger partial charge in [0.25, 0.3) is 0 Å². The number of carbonyl (C=O) groups excluding carboxylic acids is 1. The average Bonchev–Trinajstić information content (AvgIpc) is 2.74. The van der Waals surface area contributed by atoms with Gasteiger partial charge in [-0.15, -0.1) is 23.1 Å². The van der Waals surface area contributed by atoms with Crippen LogP contribution in [0.5, 0.6) is 0 Å². The number of rotatable bonds is 7. The van der Waals surface area contributed by atoms with Crippen molar-refractivity contribution in [3.05, 3.63) is 21.3 Å². The number of carbonyl (C=O) groups is 2. The summed E-state index contributed by atoms with van der Waals surface area (Å²) in [5.74, 6) is -0.350. The minimum Gasteiger partial charge on any atom is -0.480 e. The maximum atomic E-state index is 11.7. The van der Waals surface area contributed by atoms with E-state index in [4.69, 9.17) is 16.7 Å². The Hall–Kier alpha value is -0.720. The van der Waals surface area contributed by atoms with E-state index in [1.165, 1.54) is 30.0 Å². The highest BCUT2D eigenvalue weighted by Crippen LogP contribution is 2.25. The van der Waals surface area contributed by atoms with E-state index in [-0.39, 0.29) is 11.7 Å². The predicted octanol–water partition coefficient (Wildman–Crippen LogP) is 3.00. The molecule has 0 spiro atoms. The Labute approximate surface area is 125 Å². The average molecular weight is 322 g/mol. The van der Waals surface area contributed by atoms with Gasteiger partial charge in [-0.3, -0.25) is 4.79 Å². The lowest BCUT2D eigenvalue weighted by molar-refractivity contribution is -0.146. The standard InChI is InChI=1S/C12H16ClNO3S2/c1-3-12(2,11(16)17)14-10(15)7-18-6-8-4-5-9(13)19-8/h4-5H,3,6-7H2,1-2H3,(H,14,15)(H,16,17). The second-order valence-electron chi connectivity index (χ2n) is 4.24. The summed E-state index contributed by atoms with van der Waals surface area (Å²) in [7, 11) is 0. The van der Waals surface area contributed by atoms with Crippen LogP contribution in [-0.4, -0.2) is 28.3 Å². The molecule has 1 aromatic heterocycles. The third kappa shape index (κ3) is 5.04. The van der Waals surface area contributed by atoms with Gasteiger partial charge >= 0.3 is 5.97 Å². The topological polar surface area (TPSA) is 66.4 Å². The maximum Gasteiger partial charge on any atom is 0.329 e. The molecule has 0 saturated carbocycles. The molecule has 1 unspecified atom stereocenters. The molecule has 0 radical (unpaired) electrons. The summed E-state index contributed by atoms with van der Waals surface area (Å²) in [6.07, 6.45) is 0.347. The molecular weight excluding hydrogens is 306 g/mol. The molecule has 1 rings (SSSR count). The number of nitrogens with one attached hydrogen (secondary N) is 1. The molecule has 1 atom stereocenters. The lowest BCUT2D eigenvalue weighted by atomic mass is 9.99. The van der Waals surface area contributed by atoms with Crippen molar-refractivity contribution >= 4 is 46.6 Å². The van der Waals surface area contributed by atoms with Crippen LogP contribution in [0.15, 0.2) is 12.1 Å². The van der Waals surface area contributed by atoms with E-state index in [1.807, 2.05) is 12.1 Å². The minimum absolute atomic E-state index is 0.235. The van der Waals surface area contributed by atoms with Gasteiger partial charge in [-0.2, -0.15) is 0 Å². The van der Waals surface area contributed by atoms with E-state index in [0.29, 0.717) is 12.2 Å². The van der Waals surface area contributed by atoms with Gasteiger partial charge in [-0.1, -0.05) is 18.5 Å². The second-order valence-corrected chi connectivity index (χ2v) is 7.02. The molecular formula is C12H16ClNO3S2. The van der Waals surface area contributed by atoms with Gasteiger partial charge in [0, 0.05) is 10.6 Å². The van der Waals surface area contributed by atoms with Crippen LogP contribution in [0.4, 0.5) is 0 Å². The molecule has 4 nitrogen and oxygen atoms in total. The number of halogens is 1. The summed E-state index contributed by atoms with van der Waals surface area (Å²) < 4.78 is 0.726. The fourth-order valence-corrected chi connectivity index (χ4v) is 3.34. The first-order valence-corrected chi connectivity index (χ1v) is 8.08. The van der Waals surface area contributed by atoms with Crippen molar-refractivity contribution in [1.29, 1.82) is 0 Å². The highest BCUT2D eigenvalue weighted by Gasteiger charge is 2.32. The zero-order chi connectivity index (χ0) is 14.5. The molecule has 0 fully saturated rings. The van der Waals surface area contributed by atoms with Gasteiger partial charge < -0.3 is 10.4 Å². The zero-order valence-corrected chi connectivity index (χ0v) is 13.1. The molecule has 0 aromatic carbocycles. The third-order valence-electron chi connectivity index (χ3n) is 2.70. The number of aliphatic carboxylic acids is 1. The first-order valence-electron chi connectivity index (χ1n) is 5.73. The van der Waals surface area contributed by atoms with E-state index in [0.717, 1.165) is 9.21 Å². The van der Waals surface area contributed by atoms with E-state index in [9.17, 15) is 9.59 Å². The Kier molecular flexibility index (Phi) is 6.16. The van der Waals surface area contributed by atoms with Crippen LogP contribution in [0.1, 0.15) is 25.1 Å². The summed E-state index contributed by atoms with van der Waals surface area (Å²) in [6.45, 7) is 3.24. The fourth-order valence-electron chi connectivity index (χ4n) is 1.31. The number of carboxylic acids is 1. The Morgan fingerprint density at radius 3 is 2.68 bits per heavy atom. The van der Waals surface area contributed by atoms with E-state index >= 15 is 0 Å². The molecule has 1 heterocycles.